The summed E-state index contributed by atoms with van der Waals surface area (Å²) in [6.07, 6.45) is -1.54. The summed E-state index contributed by atoms with van der Waals surface area (Å²) < 4.78 is 10.6. The summed E-state index contributed by atoms with van der Waals surface area (Å²) in [6.45, 7) is 0.0311. The maximum Gasteiger partial charge on any atom is 0.407 e. The molecule has 0 spiro atoms. The first-order valence-electron chi connectivity index (χ1n) is 10.8. The molecule has 0 heterocycles. The van der Waals surface area contributed by atoms with Crippen LogP contribution in [-0.4, -0.2) is 42.8 Å². The molecule has 35 heavy (non-hydrogen) atoms. The van der Waals surface area contributed by atoms with Crippen molar-refractivity contribution in [3.63, 3.8) is 0 Å². The van der Waals surface area contributed by atoms with E-state index in [1.807, 2.05) is 48.5 Å². The van der Waals surface area contributed by atoms with E-state index in [1.165, 1.54) is 13.2 Å². The third-order valence-corrected chi connectivity index (χ3v) is 5.99. The van der Waals surface area contributed by atoms with Crippen LogP contribution < -0.4 is 15.4 Å². The number of alkyl carbamates (subject to hydrolysis) is 1. The van der Waals surface area contributed by atoms with Gasteiger partial charge in [0.2, 0.25) is 5.91 Å². The maximum atomic E-state index is 12.8. The maximum absolute atomic E-state index is 12.8. The number of rotatable bonds is 8. The molecule has 1 unspecified atom stereocenters. The molecule has 3 N–H and O–H groups in total. The number of aliphatic carboxylic acids is 1. The molecule has 0 saturated carbocycles. The second kappa shape index (κ2) is 10.5. The second-order valence-corrected chi connectivity index (χ2v) is 8.39. The number of methoxy groups -OCH3 is 1. The highest BCUT2D eigenvalue weighted by Crippen LogP contribution is 2.44. The highest BCUT2D eigenvalue weighted by molar-refractivity contribution is 6.31. The predicted octanol–water partition coefficient (Wildman–Crippen LogP) is 4.67. The SMILES string of the molecule is COc1ccc(Cl)cc1NC(=O)C(CC(=O)O)NC(=O)OCC1c2ccccc2-c2ccccc21. The van der Waals surface area contributed by atoms with Gasteiger partial charge in [0.05, 0.1) is 19.2 Å². The van der Waals surface area contributed by atoms with Crippen LogP contribution in [0.1, 0.15) is 23.5 Å². The van der Waals surface area contributed by atoms with Gasteiger partial charge in [-0.2, -0.15) is 0 Å². The monoisotopic (exact) mass is 494 g/mol. The molecule has 0 aliphatic heterocycles. The molecule has 1 atom stereocenters. The Kier molecular flexibility index (Phi) is 7.22. The third-order valence-electron chi connectivity index (χ3n) is 5.75. The van der Waals surface area contributed by atoms with Crippen molar-refractivity contribution < 1.29 is 29.0 Å². The smallest absolute Gasteiger partial charge is 0.407 e. The minimum atomic E-state index is -1.38. The van der Waals surface area contributed by atoms with Gasteiger partial charge in [0, 0.05) is 10.9 Å². The van der Waals surface area contributed by atoms with Gasteiger partial charge in [-0.05, 0) is 40.5 Å². The van der Waals surface area contributed by atoms with Crippen molar-refractivity contribution >= 4 is 35.3 Å². The van der Waals surface area contributed by atoms with Crippen molar-refractivity contribution in [2.24, 2.45) is 0 Å². The standard InChI is InChI=1S/C26H23ClN2O6/c1-34-23-11-10-15(27)12-21(23)28-25(32)22(13-24(30)31)29-26(33)35-14-20-18-8-4-2-6-16(18)17-7-3-5-9-19(17)20/h2-12,20,22H,13-14H2,1H3,(H,28,32)(H,29,33)(H,30,31). The number of ether oxygens (including phenoxy) is 2. The number of nitrogens with one attached hydrogen (secondary N) is 2. The zero-order chi connectivity index (χ0) is 24.9. The average molecular weight is 495 g/mol. The predicted molar refractivity (Wildman–Crippen MR) is 131 cm³/mol. The molecule has 0 bridgehead atoms. The lowest BCUT2D eigenvalue weighted by Crippen LogP contribution is -2.45. The van der Waals surface area contributed by atoms with Gasteiger partial charge in [-0.15, -0.1) is 0 Å². The lowest BCUT2D eigenvalue weighted by Gasteiger charge is -2.19. The topological polar surface area (TPSA) is 114 Å². The Morgan fingerprint density at radius 3 is 2.23 bits per heavy atom. The van der Waals surface area contributed by atoms with Crippen molar-refractivity contribution in [1.82, 2.24) is 5.32 Å². The molecule has 2 amide bonds. The first kappa shape index (κ1) is 24.1. The molecule has 0 aromatic heterocycles. The number of carbonyl (C=O) groups excluding carboxylic acids is 2. The van der Waals surface area contributed by atoms with Crippen molar-refractivity contribution in [2.45, 2.75) is 18.4 Å². The molecule has 1 aliphatic rings. The fraction of sp³-hybridized carbons (Fsp3) is 0.192. The Labute approximate surface area is 206 Å². The van der Waals surface area contributed by atoms with E-state index < -0.39 is 30.4 Å². The van der Waals surface area contributed by atoms with Crippen LogP contribution >= 0.6 is 11.6 Å². The zero-order valence-corrected chi connectivity index (χ0v) is 19.5. The number of amides is 2. The summed E-state index contributed by atoms with van der Waals surface area (Å²) in [5.74, 6) is -1.85. The molecule has 9 heteroatoms. The summed E-state index contributed by atoms with van der Waals surface area (Å²) in [4.78, 5) is 36.8. The number of benzene rings is 3. The summed E-state index contributed by atoms with van der Waals surface area (Å²) in [7, 11) is 1.42. The molecule has 180 valence electrons. The number of carboxylic acids is 1. The minimum absolute atomic E-state index is 0.0311. The Bertz CT molecular complexity index is 1230. The average Bonchev–Trinajstić information content (AvgIpc) is 3.16. The van der Waals surface area contributed by atoms with E-state index in [9.17, 15) is 19.5 Å². The molecule has 0 fully saturated rings. The molecule has 0 radical (unpaired) electrons. The highest BCUT2D eigenvalue weighted by Gasteiger charge is 2.30. The van der Waals surface area contributed by atoms with Crippen LogP contribution in [0.5, 0.6) is 5.75 Å². The van der Waals surface area contributed by atoms with E-state index in [2.05, 4.69) is 10.6 Å². The van der Waals surface area contributed by atoms with Gasteiger partial charge in [-0.25, -0.2) is 4.79 Å². The van der Waals surface area contributed by atoms with Crippen LogP contribution in [0, 0.1) is 0 Å². The van der Waals surface area contributed by atoms with Crippen LogP contribution in [0.2, 0.25) is 5.02 Å². The number of hydrogen-bond donors (Lipinski definition) is 3. The van der Waals surface area contributed by atoms with Gasteiger partial charge in [0.25, 0.3) is 0 Å². The van der Waals surface area contributed by atoms with Crippen LogP contribution in [0.15, 0.2) is 66.7 Å². The van der Waals surface area contributed by atoms with Gasteiger partial charge in [-0.3, -0.25) is 9.59 Å². The molecule has 3 aromatic rings. The Morgan fingerprint density at radius 1 is 1.00 bits per heavy atom. The summed E-state index contributed by atoms with van der Waals surface area (Å²) in [6, 6.07) is 19.0. The summed E-state index contributed by atoms with van der Waals surface area (Å²) in [5, 5.41) is 14.5. The zero-order valence-electron chi connectivity index (χ0n) is 18.8. The number of halogens is 1. The Balaban J connectivity index is 1.45. The largest absolute Gasteiger partial charge is 0.495 e. The normalized spacial score (nSPS) is 12.7. The first-order chi connectivity index (χ1) is 16.9. The van der Waals surface area contributed by atoms with E-state index in [-0.39, 0.29) is 18.2 Å². The minimum Gasteiger partial charge on any atom is -0.495 e. The highest BCUT2D eigenvalue weighted by atomic mass is 35.5. The van der Waals surface area contributed by atoms with Crippen molar-refractivity contribution in [2.75, 3.05) is 19.0 Å². The molecule has 8 nitrogen and oxygen atoms in total. The van der Waals surface area contributed by atoms with Crippen molar-refractivity contribution in [3.05, 3.63) is 82.9 Å². The van der Waals surface area contributed by atoms with Crippen molar-refractivity contribution in [1.29, 1.82) is 0 Å². The molecular weight excluding hydrogens is 472 g/mol. The second-order valence-electron chi connectivity index (χ2n) is 7.95. The number of carboxylic acid groups (broad SMARTS) is 1. The lowest BCUT2D eigenvalue weighted by atomic mass is 9.98. The van der Waals surface area contributed by atoms with Gasteiger partial charge >= 0.3 is 12.1 Å². The fourth-order valence-electron chi connectivity index (χ4n) is 4.16. The van der Waals surface area contributed by atoms with Crippen LogP contribution in [0.4, 0.5) is 10.5 Å². The Hall–Kier alpha value is -4.04. The van der Waals surface area contributed by atoms with Gasteiger partial charge in [-0.1, -0.05) is 60.1 Å². The first-order valence-corrected chi connectivity index (χ1v) is 11.2. The van der Waals surface area contributed by atoms with Gasteiger partial charge in [0.1, 0.15) is 18.4 Å². The summed E-state index contributed by atoms with van der Waals surface area (Å²) in [5.41, 5.74) is 4.48. The van der Waals surface area contributed by atoms with E-state index in [0.717, 1.165) is 22.3 Å². The third kappa shape index (κ3) is 5.38. The van der Waals surface area contributed by atoms with E-state index in [0.29, 0.717) is 10.8 Å². The Morgan fingerprint density at radius 2 is 1.63 bits per heavy atom. The van der Waals surface area contributed by atoms with E-state index in [1.54, 1.807) is 12.1 Å². The van der Waals surface area contributed by atoms with Gasteiger partial charge < -0.3 is 25.2 Å². The molecule has 0 saturated heterocycles. The number of carbonyl (C=O) groups is 3. The van der Waals surface area contributed by atoms with Crippen LogP contribution in [-0.2, 0) is 14.3 Å². The van der Waals surface area contributed by atoms with Gasteiger partial charge in [0.15, 0.2) is 0 Å². The number of hydrogen-bond acceptors (Lipinski definition) is 5. The van der Waals surface area contributed by atoms with Crippen LogP contribution in [0.25, 0.3) is 11.1 Å². The van der Waals surface area contributed by atoms with E-state index >= 15 is 0 Å². The number of anilines is 1. The fourth-order valence-corrected chi connectivity index (χ4v) is 4.34. The van der Waals surface area contributed by atoms with Crippen LogP contribution in [0.3, 0.4) is 0 Å². The quantitative estimate of drug-likeness (QED) is 0.419. The molecule has 4 rings (SSSR count). The van der Waals surface area contributed by atoms with E-state index in [4.69, 9.17) is 21.1 Å². The van der Waals surface area contributed by atoms with Crippen molar-refractivity contribution in [3.8, 4) is 16.9 Å². The number of fused-ring (bicyclic) bond motifs is 3. The molecule has 1 aliphatic carbocycles. The summed E-state index contributed by atoms with van der Waals surface area (Å²) >= 11 is 5.99. The molecular formula is C26H23ClN2O6. The lowest BCUT2D eigenvalue weighted by molar-refractivity contribution is -0.139. The molecule has 3 aromatic carbocycles.